The Morgan fingerprint density at radius 1 is 1.32 bits per heavy atom. The van der Waals surface area contributed by atoms with E-state index in [-0.39, 0.29) is 12.2 Å². The number of nitrogens with one attached hydrogen (secondary N) is 1. The predicted molar refractivity (Wildman–Crippen MR) is 131 cm³/mol. The molecule has 12 heteroatoms. The van der Waals surface area contributed by atoms with Crippen molar-refractivity contribution in [2.75, 3.05) is 47.0 Å². The number of hydrogen-bond acceptors (Lipinski definition) is 10. The highest BCUT2D eigenvalue weighted by atomic mass is 35.5. The Labute approximate surface area is 196 Å². The fraction of sp³-hybridized carbons (Fsp3) is 0.474. The number of ether oxygens (including phenoxy) is 1. The first-order valence-electron chi connectivity index (χ1n) is 9.91. The van der Waals surface area contributed by atoms with Crippen LogP contribution in [-0.2, 0) is 9.26 Å². The van der Waals surface area contributed by atoms with E-state index < -0.39 is 8.38 Å². The van der Waals surface area contributed by atoms with Gasteiger partial charge in [0.15, 0.2) is 11.6 Å². The van der Waals surface area contributed by atoms with Crippen molar-refractivity contribution in [2.24, 2.45) is 0 Å². The number of hydrogen-bond donors (Lipinski definition) is 2. The smallest absolute Gasteiger partial charge is 0.258 e. The van der Waals surface area contributed by atoms with Gasteiger partial charge in [0.1, 0.15) is 24.1 Å². The third-order valence-corrected chi connectivity index (χ3v) is 8.74. The molecule has 0 bridgehead atoms. The molecule has 2 aromatic rings. The van der Waals surface area contributed by atoms with Crippen molar-refractivity contribution in [3.63, 3.8) is 0 Å². The molecule has 3 heterocycles. The van der Waals surface area contributed by atoms with E-state index in [4.69, 9.17) is 31.1 Å². The van der Waals surface area contributed by atoms with E-state index in [1.165, 1.54) is 6.33 Å². The molecule has 1 fully saturated rings. The minimum Gasteiger partial charge on any atom is -0.446 e. The van der Waals surface area contributed by atoms with Crippen LogP contribution in [0.5, 0.6) is 5.75 Å². The lowest BCUT2D eigenvalue weighted by Crippen LogP contribution is -2.33. The summed E-state index contributed by atoms with van der Waals surface area (Å²) in [6.07, 6.45) is 3.01. The molecule has 31 heavy (non-hydrogen) atoms. The van der Waals surface area contributed by atoms with Gasteiger partial charge in [-0.15, -0.1) is 0 Å². The number of fused-ring (bicyclic) bond motifs is 1. The van der Waals surface area contributed by atoms with Crippen LogP contribution >= 0.6 is 41.6 Å². The second-order valence-electron chi connectivity index (χ2n) is 7.12. The lowest BCUT2D eigenvalue weighted by molar-refractivity contribution is 0.0924. The first-order valence-corrected chi connectivity index (χ1v) is 14.1. The minimum absolute atomic E-state index is 0.0531. The zero-order chi connectivity index (χ0) is 21.6. The average Bonchev–Trinajstić information content (AvgIpc) is 3.18. The Morgan fingerprint density at radius 3 is 2.94 bits per heavy atom. The maximum Gasteiger partial charge on any atom is 0.258 e. The van der Waals surface area contributed by atoms with E-state index in [0.717, 1.165) is 35.2 Å². The minimum atomic E-state index is -1.25. The number of aromatic nitrogens is 2. The highest BCUT2D eigenvalue weighted by molar-refractivity contribution is 8.76. The molecule has 1 saturated heterocycles. The largest absolute Gasteiger partial charge is 0.446 e. The number of nitrogen functional groups attached to an aromatic ring is 1. The highest BCUT2D eigenvalue weighted by Gasteiger charge is 2.26. The maximum atomic E-state index is 6.31. The Bertz CT molecular complexity index is 863. The Kier molecular flexibility index (Phi) is 8.25. The number of nitrogens with zero attached hydrogens (tertiary/aromatic N) is 3. The summed E-state index contributed by atoms with van der Waals surface area (Å²) in [5.41, 5.74) is 6.70. The molecule has 0 spiro atoms. The Balaban J connectivity index is 1.33. The molecule has 1 aromatic carbocycles. The monoisotopic (exact) mass is 501 g/mol. The molecule has 4 rings (SSSR count). The molecule has 8 nitrogen and oxygen atoms in total. The molecule has 3 N–H and O–H groups in total. The van der Waals surface area contributed by atoms with Crippen molar-refractivity contribution in [3.8, 4) is 5.75 Å². The van der Waals surface area contributed by atoms with Crippen LogP contribution in [0.1, 0.15) is 13.3 Å². The van der Waals surface area contributed by atoms with Crippen molar-refractivity contribution < 1.29 is 13.8 Å². The fourth-order valence-corrected chi connectivity index (χ4v) is 7.11. The van der Waals surface area contributed by atoms with E-state index in [0.29, 0.717) is 30.4 Å². The average molecular weight is 502 g/mol. The van der Waals surface area contributed by atoms with Crippen LogP contribution in [0.2, 0.25) is 5.02 Å². The SMILES string of the molecule is CC(CN1CNc2c(N)ncnc21)OCP(Oc1ccc(Cl)cc1)O[C@@H]1CCSSC1. The standard InChI is InChI=1S/C19H25ClN5O3PS2/c1-13(8-25-11-24-17-18(21)22-10-23-19(17)25)26-12-29(28-16-6-7-30-31-9-16)27-15-4-2-14(20)3-5-15/h2-5,10,13,16,24H,6-9,11-12H2,1H3,(H2,21,22,23)/t13?,16-,29?/m1/s1. The van der Waals surface area contributed by atoms with E-state index >= 15 is 0 Å². The third-order valence-electron chi connectivity index (χ3n) is 4.69. The van der Waals surface area contributed by atoms with Gasteiger partial charge in [-0.3, -0.25) is 0 Å². The van der Waals surface area contributed by atoms with Crippen molar-refractivity contribution >= 4 is 58.9 Å². The summed E-state index contributed by atoms with van der Waals surface area (Å²) >= 11 is 6.00. The summed E-state index contributed by atoms with van der Waals surface area (Å²) in [7, 11) is 2.49. The van der Waals surface area contributed by atoms with Crippen LogP contribution < -0.4 is 20.5 Å². The van der Waals surface area contributed by atoms with Gasteiger partial charge in [0.2, 0.25) is 0 Å². The summed E-state index contributed by atoms with van der Waals surface area (Å²) < 4.78 is 18.6. The van der Waals surface area contributed by atoms with Crippen LogP contribution in [0, 0.1) is 0 Å². The van der Waals surface area contributed by atoms with Crippen molar-refractivity contribution in [3.05, 3.63) is 35.6 Å². The van der Waals surface area contributed by atoms with Crippen molar-refractivity contribution in [1.82, 2.24) is 9.97 Å². The van der Waals surface area contributed by atoms with Gasteiger partial charge in [-0.1, -0.05) is 33.2 Å². The van der Waals surface area contributed by atoms with Gasteiger partial charge in [0.05, 0.1) is 18.9 Å². The number of nitrogens with two attached hydrogens (primary N) is 1. The van der Waals surface area contributed by atoms with Gasteiger partial charge < -0.3 is 29.7 Å². The van der Waals surface area contributed by atoms with Crippen LogP contribution in [0.3, 0.4) is 0 Å². The molecule has 0 saturated carbocycles. The number of anilines is 3. The molecule has 0 aliphatic carbocycles. The van der Waals surface area contributed by atoms with E-state index in [9.17, 15) is 0 Å². The molecule has 168 valence electrons. The highest BCUT2D eigenvalue weighted by Crippen LogP contribution is 2.44. The van der Waals surface area contributed by atoms with E-state index in [1.807, 2.05) is 52.8 Å². The lowest BCUT2D eigenvalue weighted by Gasteiger charge is -2.28. The molecule has 2 unspecified atom stereocenters. The van der Waals surface area contributed by atoms with Crippen LogP contribution in [0.4, 0.5) is 17.3 Å². The molecular weight excluding hydrogens is 477 g/mol. The summed E-state index contributed by atoms with van der Waals surface area (Å²) in [4.78, 5) is 10.5. The second kappa shape index (κ2) is 11.1. The second-order valence-corrected chi connectivity index (χ2v) is 11.5. The summed E-state index contributed by atoms with van der Waals surface area (Å²) in [5.74, 6) is 4.03. The van der Waals surface area contributed by atoms with Gasteiger partial charge in [0, 0.05) is 23.1 Å². The Hall–Kier alpha value is -1.16. The number of halogens is 1. The molecule has 2 aliphatic rings. The van der Waals surface area contributed by atoms with E-state index in [1.54, 1.807) is 0 Å². The quantitative estimate of drug-likeness (QED) is 0.367. The number of benzene rings is 1. The van der Waals surface area contributed by atoms with E-state index in [2.05, 4.69) is 20.2 Å². The van der Waals surface area contributed by atoms with Crippen LogP contribution in [0.25, 0.3) is 0 Å². The molecule has 0 amide bonds. The summed E-state index contributed by atoms with van der Waals surface area (Å²) in [6.45, 7) is 3.32. The van der Waals surface area contributed by atoms with Crippen LogP contribution in [0.15, 0.2) is 30.6 Å². The Morgan fingerprint density at radius 2 is 2.16 bits per heavy atom. The molecule has 1 aromatic heterocycles. The number of rotatable bonds is 9. The summed E-state index contributed by atoms with van der Waals surface area (Å²) in [5, 5.41) is 3.91. The van der Waals surface area contributed by atoms with Gasteiger partial charge in [-0.05, 0) is 37.6 Å². The van der Waals surface area contributed by atoms with Crippen molar-refractivity contribution in [1.29, 1.82) is 0 Å². The van der Waals surface area contributed by atoms with Gasteiger partial charge >= 0.3 is 0 Å². The first-order chi connectivity index (χ1) is 15.1. The van der Waals surface area contributed by atoms with Gasteiger partial charge in [-0.25, -0.2) is 9.97 Å². The fourth-order valence-electron chi connectivity index (χ4n) is 3.14. The molecule has 2 aliphatic heterocycles. The van der Waals surface area contributed by atoms with Gasteiger partial charge in [-0.2, -0.15) is 0 Å². The van der Waals surface area contributed by atoms with Crippen molar-refractivity contribution in [2.45, 2.75) is 25.6 Å². The molecular formula is C19H25ClN5O3PS2. The zero-order valence-corrected chi connectivity index (χ0v) is 20.4. The summed E-state index contributed by atoms with van der Waals surface area (Å²) in [6, 6.07) is 7.33. The zero-order valence-electron chi connectivity index (χ0n) is 17.1. The predicted octanol–water partition coefficient (Wildman–Crippen LogP) is 4.83. The topological polar surface area (TPSA) is 94.8 Å². The van der Waals surface area contributed by atoms with Crippen LogP contribution in [-0.4, -0.2) is 53.2 Å². The molecule has 3 atom stereocenters. The first kappa shape index (κ1) is 23.0. The third kappa shape index (κ3) is 6.43. The van der Waals surface area contributed by atoms with Gasteiger partial charge in [0.25, 0.3) is 8.38 Å². The molecule has 0 radical (unpaired) electrons. The normalized spacial score (nSPS) is 20.1. The lowest BCUT2D eigenvalue weighted by atomic mass is 10.3. The maximum absolute atomic E-state index is 6.31.